The minimum Gasteiger partial charge on any atom is -0.495 e. The van der Waals surface area contributed by atoms with E-state index >= 15 is 0 Å². The van der Waals surface area contributed by atoms with Gasteiger partial charge in [-0.3, -0.25) is 0 Å². The van der Waals surface area contributed by atoms with Gasteiger partial charge in [0.05, 0.1) is 18.9 Å². The summed E-state index contributed by atoms with van der Waals surface area (Å²) >= 11 is 0. The number of benzene rings is 2. The van der Waals surface area contributed by atoms with E-state index in [9.17, 15) is 5.11 Å². The summed E-state index contributed by atoms with van der Waals surface area (Å²) in [7, 11) is 1.64. The highest BCUT2D eigenvalue weighted by Gasteiger charge is 2.09. The summed E-state index contributed by atoms with van der Waals surface area (Å²) in [5.74, 6) is 1.28. The molecule has 0 fully saturated rings. The molecule has 0 heterocycles. The Morgan fingerprint density at radius 3 is 2.24 bits per heavy atom. The molecular weight excluding hydrogens is 262 g/mol. The third kappa shape index (κ3) is 3.99. The maximum Gasteiger partial charge on any atom is 0.141 e. The first kappa shape index (κ1) is 15.4. The van der Waals surface area contributed by atoms with Crippen molar-refractivity contribution in [2.24, 2.45) is 0 Å². The van der Waals surface area contributed by atoms with Gasteiger partial charge in [0.2, 0.25) is 0 Å². The maximum absolute atomic E-state index is 10.3. The van der Waals surface area contributed by atoms with Crippen LogP contribution in [0.3, 0.4) is 0 Å². The number of aliphatic hydroxyl groups is 1. The second kappa shape index (κ2) is 7.14. The normalized spacial score (nSPS) is 12.2. The molecule has 0 aliphatic heterocycles. The molecule has 0 aliphatic carbocycles. The summed E-state index contributed by atoms with van der Waals surface area (Å²) in [5.41, 5.74) is 3.09. The highest BCUT2D eigenvalue weighted by Crippen LogP contribution is 2.24. The molecule has 2 N–H and O–H groups in total. The number of rotatable bonds is 6. The number of anilines is 1. The van der Waals surface area contributed by atoms with Gasteiger partial charge in [-0.15, -0.1) is 0 Å². The van der Waals surface area contributed by atoms with Crippen LogP contribution in [0.2, 0.25) is 0 Å². The zero-order valence-electron chi connectivity index (χ0n) is 12.8. The minimum absolute atomic E-state index is 0.446. The molecule has 3 nitrogen and oxygen atoms in total. The van der Waals surface area contributed by atoms with Gasteiger partial charge in [-0.2, -0.15) is 0 Å². The average Bonchev–Trinajstić information content (AvgIpc) is 2.52. The van der Waals surface area contributed by atoms with E-state index in [1.165, 1.54) is 5.56 Å². The van der Waals surface area contributed by atoms with E-state index in [0.717, 1.165) is 17.0 Å². The SMILES string of the molecule is COc1ccccc1NCC(O)c1ccc(C(C)C)cc1. The zero-order chi connectivity index (χ0) is 15.2. The van der Waals surface area contributed by atoms with Crippen molar-refractivity contribution in [2.75, 3.05) is 19.0 Å². The van der Waals surface area contributed by atoms with Crippen molar-refractivity contribution in [3.05, 3.63) is 59.7 Å². The van der Waals surface area contributed by atoms with Crippen LogP contribution in [0.25, 0.3) is 0 Å². The van der Waals surface area contributed by atoms with Crippen LogP contribution in [0, 0.1) is 0 Å². The molecule has 21 heavy (non-hydrogen) atoms. The number of ether oxygens (including phenoxy) is 1. The van der Waals surface area contributed by atoms with Crippen molar-refractivity contribution in [2.45, 2.75) is 25.9 Å². The molecule has 0 aromatic heterocycles. The van der Waals surface area contributed by atoms with Crippen molar-refractivity contribution in [1.29, 1.82) is 0 Å². The Morgan fingerprint density at radius 1 is 1.00 bits per heavy atom. The number of aliphatic hydroxyl groups excluding tert-OH is 1. The smallest absolute Gasteiger partial charge is 0.141 e. The summed E-state index contributed by atoms with van der Waals surface area (Å²) < 4.78 is 5.28. The lowest BCUT2D eigenvalue weighted by molar-refractivity contribution is 0.191. The van der Waals surface area contributed by atoms with Gasteiger partial charge in [0.1, 0.15) is 5.75 Å². The minimum atomic E-state index is -0.545. The van der Waals surface area contributed by atoms with Crippen molar-refractivity contribution >= 4 is 5.69 Å². The van der Waals surface area contributed by atoms with Crippen LogP contribution in [0.1, 0.15) is 37.0 Å². The zero-order valence-corrected chi connectivity index (χ0v) is 12.8. The topological polar surface area (TPSA) is 41.5 Å². The largest absolute Gasteiger partial charge is 0.495 e. The van der Waals surface area contributed by atoms with Crippen LogP contribution in [0.5, 0.6) is 5.75 Å². The van der Waals surface area contributed by atoms with Crippen LogP contribution in [-0.4, -0.2) is 18.8 Å². The molecule has 0 spiro atoms. The fourth-order valence-corrected chi connectivity index (χ4v) is 2.22. The van der Waals surface area contributed by atoms with Gasteiger partial charge in [0.25, 0.3) is 0 Å². The second-order valence-electron chi connectivity index (χ2n) is 5.42. The second-order valence-corrected chi connectivity index (χ2v) is 5.42. The van der Waals surface area contributed by atoms with E-state index < -0.39 is 6.10 Å². The molecule has 0 saturated carbocycles. The Labute approximate surface area is 126 Å². The molecule has 0 bridgehead atoms. The first-order valence-corrected chi connectivity index (χ1v) is 7.26. The average molecular weight is 285 g/mol. The molecular formula is C18H23NO2. The number of nitrogens with one attached hydrogen (secondary N) is 1. The highest BCUT2D eigenvalue weighted by molar-refractivity contribution is 5.56. The lowest BCUT2D eigenvalue weighted by Crippen LogP contribution is -2.12. The van der Waals surface area contributed by atoms with Gasteiger partial charge < -0.3 is 15.2 Å². The summed E-state index contributed by atoms with van der Waals surface area (Å²) in [6.07, 6.45) is -0.545. The van der Waals surface area contributed by atoms with E-state index in [4.69, 9.17) is 4.74 Å². The maximum atomic E-state index is 10.3. The molecule has 0 saturated heterocycles. The molecule has 1 unspecified atom stereocenters. The molecule has 2 aromatic carbocycles. The Bertz CT molecular complexity index is 564. The van der Waals surface area contributed by atoms with E-state index in [1.807, 2.05) is 36.4 Å². The van der Waals surface area contributed by atoms with Crippen molar-refractivity contribution < 1.29 is 9.84 Å². The molecule has 1 atom stereocenters. The number of hydrogen-bond donors (Lipinski definition) is 2. The molecule has 112 valence electrons. The Morgan fingerprint density at radius 2 is 1.62 bits per heavy atom. The number of methoxy groups -OCH3 is 1. The molecule has 2 aromatic rings. The van der Waals surface area contributed by atoms with Crippen LogP contribution in [-0.2, 0) is 0 Å². The van der Waals surface area contributed by atoms with Crippen LogP contribution >= 0.6 is 0 Å². The summed E-state index contributed by atoms with van der Waals surface area (Å²) in [5, 5.41) is 13.5. The van der Waals surface area contributed by atoms with Crippen molar-refractivity contribution in [3.8, 4) is 5.75 Å². The van der Waals surface area contributed by atoms with Crippen molar-refractivity contribution in [3.63, 3.8) is 0 Å². The van der Waals surface area contributed by atoms with E-state index in [1.54, 1.807) is 7.11 Å². The van der Waals surface area contributed by atoms with Crippen molar-refractivity contribution in [1.82, 2.24) is 0 Å². The molecule has 2 rings (SSSR count). The molecule has 3 heteroatoms. The van der Waals surface area contributed by atoms with E-state index in [0.29, 0.717) is 12.5 Å². The van der Waals surface area contributed by atoms with Crippen LogP contribution in [0.4, 0.5) is 5.69 Å². The van der Waals surface area contributed by atoms with Gasteiger partial charge in [0.15, 0.2) is 0 Å². The van der Waals surface area contributed by atoms with E-state index in [-0.39, 0.29) is 0 Å². The van der Waals surface area contributed by atoms with Crippen LogP contribution < -0.4 is 10.1 Å². The fourth-order valence-electron chi connectivity index (χ4n) is 2.22. The molecule has 0 amide bonds. The van der Waals surface area contributed by atoms with Crippen LogP contribution in [0.15, 0.2) is 48.5 Å². The molecule has 0 radical (unpaired) electrons. The quantitative estimate of drug-likeness (QED) is 0.844. The fraction of sp³-hybridized carbons (Fsp3) is 0.333. The van der Waals surface area contributed by atoms with Gasteiger partial charge in [-0.1, -0.05) is 50.2 Å². The predicted octanol–water partition coefficient (Wildman–Crippen LogP) is 3.96. The third-order valence-corrected chi connectivity index (χ3v) is 3.58. The lowest BCUT2D eigenvalue weighted by atomic mass is 10.00. The third-order valence-electron chi connectivity index (χ3n) is 3.58. The first-order chi connectivity index (χ1) is 10.1. The summed E-state index contributed by atoms with van der Waals surface area (Å²) in [6, 6.07) is 15.8. The highest BCUT2D eigenvalue weighted by atomic mass is 16.5. The number of hydrogen-bond acceptors (Lipinski definition) is 3. The molecule has 0 aliphatic rings. The van der Waals surface area contributed by atoms with Gasteiger partial charge in [-0.05, 0) is 29.2 Å². The predicted molar refractivity (Wildman–Crippen MR) is 87.0 cm³/mol. The standard InChI is InChI=1S/C18H23NO2/c1-13(2)14-8-10-15(11-9-14)17(20)12-19-16-6-4-5-7-18(16)21-3/h4-11,13,17,19-20H,12H2,1-3H3. The van der Waals surface area contributed by atoms with Gasteiger partial charge in [0, 0.05) is 6.54 Å². The first-order valence-electron chi connectivity index (χ1n) is 7.26. The van der Waals surface area contributed by atoms with E-state index in [2.05, 4.69) is 31.3 Å². The summed E-state index contributed by atoms with van der Waals surface area (Å²) in [4.78, 5) is 0. The van der Waals surface area contributed by atoms with Gasteiger partial charge in [-0.25, -0.2) is 0 Å². The Balaban J connectivity index is 1.99. The Kier molecular flexibility index (Phi) is 5.23. The summed E-state index contributed by atoms with van der Waals surface area (Å²) in [6.45, 7) is 4.77. The van der Waals surface area contributed by atoms with Gasteiger partial charge >= 0.3 is 0 Å². The lowest BCUT2D eigenvalue weighted by Gasteiger charge is -2.16. The monoisotopic (exact) mass is 285 g/mol. The Hall–Kier alpha value is -2.00. The number of para-hydroxylation sites is 2.